The smallest absolute Gasteiger partial charge is 0.338 e. The fraction of sp³-hybridized carbons (Fsp3) is 0.273. The number of esters is 2. The number of rotatable bonds is 4. The standard InChI is InChI=1S/C22H23N3O5/c1-12(2)20(27)29-19-11-18(26)17(9-13(19)3)25-23-15-8-7-14(10-16(15)24(23)25)21(28)30-22(4,5)6/h7-11,26H,1H2,2-6H3. The van der Waals surface area contributed by atoms with Crippen molar-refractivity contribution in [3.8, 4) is 17.2 Å². The summed E-state index contributed by atoms with van der Waals surface area (Å²) in [6, 6.07) is 8.43. The lowest BCUT2D eigenvalue weighted by atomic mass is 10.1. The molecule has 2 aromatic carbocycles. The van der Waals surface area contributed by atoms with E-state index in [-0.39, 0.29) is 23.0 Å². The Morgan fingerprint density at radius 1 is 1.07 bits per heavy atom. The molecule has 0 atom stereocenters. The fourth-order valence-corrected chi connectivity index (χ4v) is 3.13. The zero-order valence-corrected chi connectivity index (χ0v) is 17.5. The number of carbonyl (C=O) groups excluding carboxylic acids is 2. The molecule has 0 amide bonds. The van der Waals surface area contributed by atoms with Crippen molar-refractivity contribution in [3.63, 3.8) is 0 Å². The number of aryl methyl sites for hydroxylation is 1. The quantitative estimate of drug-likeness (QED) is 0.314. The van der Waals surface area contributed by atoms with E-state index >= 15 is 0 Å². The maximum Gasteiger partial charge on any atom is 0.338 e. The van der Waals surface area contributed by atoms with Gasteiger partial charge < -0.3 is 14.6 Å². The maximum atomic E-state index is 12.3. The average Bonchev–Trinajstić information content (AvgIpc) is 3.29. The highest BCUT2D eigenvalue weighted by atomic mass is 16.6. The van der Waals surface area contributed by atoms with E-state index in [1.807, 2.05) is 36.1 Å². The number of hydrogen-bond donors (Lipinski definition) is 1. The van der Waals surface area contributed by atoms with E-state index in [1.165, 1.54) is 6.07 Å². The molecule has 1 N–H and O–H groups in total. The van der Waals surface area contributed by atoms with Crippen molar-refractivity contribution in [1.82, 2.24) is 14.1 Å². The molecule has 0 saturated heterocycles. The second kappa shape index (κ2) is 6.41. The Kier molecular flexibility index (Phi) is 4.20. The van der Waals surface area contributed by atoms with E-state index in [2.05, 4.69) is 6.58 Å². The van der Waals surface area contributed by atoms with Gasteiger partial charge in [0.2, 0.25) is 0 Å². The number of benzene rings is 2. The fourth-order valence-electron chi connectivity index (χ4n) is 3.13. The number of ether oxygens (including phenoxy) is 2. The monoisotopic (exact) mass is 409 g/mol. The molecular weight excluding hydrogens is 386 g/mol. The Morgan fingerprint density at radius 2 is 1.73 bits per heavy atom. The minimum Gasteiger partial charge on any atom is -0.505 e. The zero-order chi connectivity index (χ0) is 22.0. The van der Waals surface area contributed by atoms with Crippen LogP contribution in [0.15, 0.2) is 42.5 Å². The SMILES string of the molecule is C=C(C)C(=O)Oc1cc(O)c(-n2n3c4ccc(C(=O)OC(C)(C)C)cc4n23)cc1C. The van der Waals surface area contributed by atoms with Crippen LogP contribution >= 0.6 is 0 Å². The molecule has 8 nitrogen and oxygen atoms in total. The van der Waals surface area contributed by atoms with Gasteiger partial charge in [0.05, 0.1) is 5.56 Å². The topological polar surface area (TPSA) is 86.6 Å². The summed E-state index contributed by atoms with van der Waals surface area (Å²) in [7, 11) is 0. The summed E-state index contributed by atoms with van der Waals surface area (Å²) in [5.41, 5.74) is 3.09. The second-order valence-corrected chi connectivity index (χ2v) is 8.35. The molecule has 2 aromatic heterocycles. The number of nitrogens with zero attached hydrogens (tertiary/aromatic N) is 3. The van der Waals surface area contributed by atoms with Crippen LogP contribution in [0.2, 0.25) is 0 Å². The molecule has 0 radical (unpaired) electrons. The molecule has 0 fully saturated rings. The minimum absolute atomic E-state index is 0.0437. The summed E-state index contributed by atoms with van der Waals surface area (Å²) in [6.07, 6.45) is 0. The molecule has 0 aliphatic carbocycles. The van der Waals surface area contributed by atoms with E-state index < -0.39 is 11.6 Å². The molecule has 0 aliphatic rings. The summed E-state index contributed by atoms with van der Waals surface area (Å²) in [5.74, 6) is -0.711. The highest BCUT2D eigenvalue weighted by Gasteiger charge is 2.28. The lowest BCUT2D eigenvalue weighted by Gasteiger charge is -2.19. The van der Waals surface area contributed by atoms with Gasteiger partial charge >= 0.3 is 11.9 Å². The number of fused-ring (bicyclic) bond motifs is 4. The molecule has 30 heavy (non-hydrogen) atoms. The van der Waals surface area contributed by atoms with E-state index in [0.717, 1.165) is 11.0 Å². The number of hydrogen-bond acceptors (Lipinski definition) is 5. The van der Waals surface area contributed by atoms with Gasteiger partial charge in [-0.25, -0.2) is 9.59 Å². The first-order valence-corrected chi connectivity index (χ1v) is 9.47. The Morgan fingerprint density at radius 3 is 2.37 bits per heavy atom. The second-order valence-electron chi connectivity index (χ2n) is 8.35. The molecule has 2 heterocycles. The molecule has 4 rings (SSSR count). The summed E-state index contributed by atoms with van der Waals surface area (Å²) < 4.78 is 14.4. The van der Waals surface area contributed by atoms with Gasteiger partial charge in [-0.1, -0.05) is 6.58 Å². The van der Waals surface area contributed by atoms with E-state index in [0.29, 0.717) is 16.8 Å². The number of phenolic OH excluding ortho intramolecular Hbond substituents is 1. The molecule has 0 saturated carbocycles. The van der Waals surface area contributed by atoms with Gasteiger partial charge in [0.25, 0.3) is 0 Å². The van der Waals surface area contributed by atoms with Crippen molar-refractivity contribution in [2.75, 3.05) is 0 Å². The molecule has 0 unspecified atom stereocenters. The van der Waals surface area contributed by atoms with Crippen molar-refractivity contribution < 1.29 is 24.2 Å². The number of aromatic hydroxyl groups is 1. The maximum absolute atomic E-state index is 12.3. The van der Waals surface area contributed by atoms with Crippen molar-refractivity contribution in [3.05, 3.63) is 53.6 Å². The molecule has 0 bridgehead atoms. The number of carbonyl (C=O) groups is 2. The van der Waals surface area contributed by atoms with E-state index in [1.54, 1.807) is 36.8 Å². The highest BCUT2D eigenvalue weighted by molar-refractivity contribution is 5.95. The Balaban J connectivity index is 1.67. The van der Waals surface area contributed by atoms with Crippen LogP contribution in [0.25, 0.3) is 16.7 Å². The molecule has 4 aromatic rings. The Labute approximate surface area is 172 Å². The van der Waals surface area contributed by atoms with Gasteiger partial charge in [-0.15, -0.1) is 14.1 Å². The Bertz CT molecular complexity index is 1310. The molecule has 0 aliphatic heterocycles. The highest BCUT2D eigenvalue weighted by Crippen LogP contribution is 2.35. The average molecular weight is 409 g/mol. The lowest BCUT2D eigenvalue weighted by molar-refractivity contribution is -0.130. The third-order valence-electron chi connectivity index (χ3n) is 4.59. The van der Waals surface area contributed by atoms with Crippen LogP contribution in [0.1, 0.15) is 43.6 Å². The van der Waals surface area contributed by atoms with Gasteiger partial charge in [-0.05, 0) is 64.4 Å². The first kappa shape index (κ1) is 19.6. The first-order chi connectivity index (χ1) is 14.0. The van der Waals surface area contributed by atoms with Crippen LogP contribution in [-0.4, -0.2) is 36.7 Å². The molecule has 8 heteroatoms. The molecule has 156 valence electrons. The first-order valence-electron chi connectivity index (χ1n) is 9.47. The number of aromatic nitrogens is 3. The van der Waals surface area contributed by atoms with Crippen LogP contribution in [0.5, 0.6) is 11.5 Å². The van der Waals surface area contributed by atoms with Crippen LogP contribution in [0.4, 0.5) is 0 Å². The third-order valence-corrected chi connectivity index (χ3v) is 4.59. The van der Waals surface area contributed by atoms with Crippen molar-refractivity contribution in [2.45, 2.75) is 40.2 Å². The number of phenols is 1. The summed E-state index contributed by atoms with van der Waals surface area (Å²) >= 11 is 0. The van der Waals surface area contributed by atoms with Crippen molar-refractivity contribution >= 4 is 23.0 Å². The largest absolute Gasteiger partial charge is 0.505 e. The minimum atomic E-state index is -0.573. The summed E-state index contributed by atoms with van der Waals surface area (Å²) in [6.45, 7) is 12.4. The lowest BCUT2D eigenvalue weighted by Crippen LogP contribution is -2.23. The normalized spacial score (nSPS) is 12.0. The Hall–Kier alpha value is -3.68. The van der Waals surface area contributed by atoms with E-state index in [9.17, 15) is 14.7 Å². The van der Waals surface area contributed by atoms with E-state index in [4.69, 9.17) is 9.47 Å². The summed E-state index contributed by atoms with van der Waals surface area (Å²) in [4.78, 5) is 25.9. The van der Waals surface area contributed by atoms with Gasteiger partial charge in [0, 0.05) is 11.6 Å². The summed E-state index contributed by atoms with van der Waals surface area (Å²) in [5, 5.41) is 10.5. The molecular formula is C22H23N3O5. The zero-order valence-electron chi connectivity index (χ0n) is 17.5. The third kappa shape index (κ3) is 3.20. The van der Waals surface area contributed by atoms with Gasteiger partial charge in [0.1, 0.15) is 33.8 Å². The van der Waals surface area contributed by atoms with Crippen LogP contribution < -0.4 is 4.74 Å². The van der Waals surface area contributed by atoms with Gasteiger partial charge in [0.15, 0.2) is 0 Å². The van der Waals surface area contributed by atoms with Crippen LogP contribution in [-0.2, 0) is 9.53 Å². The van der Waals surface area contributed by atoms with Crippen molar-refractivity contribution in [1.29, 1.82) is 0 Å². The van der Waals surface area contributed by atoms with Gasteiger partial charge in [-0.3, -0.25) is 0 Å². The predicted octanol–water partition coefficient (Wildman–Crippen LogP) is 3.87. The van der Waals surface area contributed by atoms with Crippen LogP contribution in [0, 0.1) is 6.92 Å². The van der Waals surface area contributed by atoms with Crippen molar-refractivity contribution in [2.24, 2.45) is 0 Å². The molecule has 0 spiro atoms. The van der Waals surface area contributed by atoms with Gasteiger partial charge in [-0.2, -0.15) is 0 Å². The predicted molar refractivity (Wildman–Crippen MR) is 111 cm³/mol. The van der Waals surface area contributed by atoms with Crippen LogP contribution in [0.3, 0.4) is 0 Å².